The molecule has 1 aromatic carbocycles. The molecule has 0 radical (unpaired) electrons. The maximum Gasteiger partial charge on any atom is 0.0995 e. The summed E-state index contributed by atoms with van der Waals surface area (Å²) >= 11 is 5.92. The molecular formula is C11H11ClN2. The van der Waals surface area contributed by atoms with Crippen LogP contribution < -0.4 is 5.73 Å². The maximum atomic E-state index is 8.97. The quantitative estimate of drug-likeness (QED) is 0.709. The summed E-state index contributed by atoms with van der Waals surface area (Å²) < 4.78 is 0. The van der Waals surface area contributed by atoms with Gasteiger partial charge in [0.15, 0.2) is 0 Å². The fraction of sp³-hybridized carbons (Fsp3) is 0.364. The van der Waals surface area contributed by atoms with Gasteiger partial charge in [-0.05, 0) is 42.5 Å². The fourth-order valence-corrected chi connectivity index (χ4v) is 2.31. The molecule has 0 aliphatic heterocycles. The van der Waals surface area contributed by atoms with Crippen molar-refractivity contribution >= 4 is 11.6 Å². The number of fused-ring (bicyclic) bond motifs is 1. The molecule has 0 spiro atoms. The Balaban J connectivity index is 2.63. The average Bonchev–Trinajstić information content (AvgIpc) is 2.16. The highest BCUT2D eigenvalue weighted by atomic mass is 35.5. The minimum Gasteiger partial charge on any atom is -0.324 e. The molecule has 72 valence electrons. The van der Waals surface area contributed by atoms with E-state index >= 15 is 0 Å². The standard InChI is InChI=1S/C11H11ClN2/c12-9-4-7-2-1-3-10(14)11(7)8(5-9)6-13/h4-5,10H,1-3,14H2/t10-/m1/s1. The van der Waals surface area contributed by atoms with Gasteiger partial charge in [0.1, 0.15) is 0 Å². The molecule has 0 unspecified atom stereocenters. The third kappa shape index (κ3) is 1.50. The molecule has 0 heterocycles. The van der Waals surface area contributed by atoms with E-state index in [1.807, 2.05) is 6.07 Å². The van der Waals surface area contributed by atoms with Crippen molar-refractivity contribution in [2.75, 3.05) is 0 Å². The van der Waals surface area contributed by atoms with Crippen molar-refractivity contribution in [3.8, 4) is 6.07 Å². The van der Waals surface area contributed by atoms with Crippen molar-refractivity contribution in [1.82, 2.24) is 0 Å². The zero-order chi connectivity index (χ0) is 10.1. The van der Waals surface area contributed by atoms with Crippen LogP contribution in [0, 0.1) is 11.3 Å². The molecule has 0 fully saturated rings. The third-order valence-corrected chi connectivity index (χ3v) is 2.90. The second-order valence-electron chi connectivity index (χ2n) is 3.64. The van der Waals surface area contributed by atoms with Gasteiger partial charge in [-0.3, -0.25) is 0 Å². The molecule has 1 atom stereocenters. The van der Waals surface area contributed by atoms with Crippen molar-refractivity contribution in [1.29, 1.82) is 5.26 Å². The summed E-state index contributed by atoms with van der Waals surface area (Å²) in [6.07, 6.45) is 3.03. The number of halogens is 1. The minimum absolute atomic E-state index is 0.00525. The first-order valence-corrected chi connectivity index (χ1v) is 5.08. The SMILES string of the molecule is N#Cc1cc(Cl)cc2c1[C@H](N)CCC2. The highest BCUT2D eigenvalue weighted by Gasteiger charge is 2.20. The maximum absolute atomic E-state index is 8.97. The first-order valence-electron chi connectivity index (χ1n) is 4.70. The van der Waals surface area contributed by atoms with Crippen molar-refractivity contribution in [2.45, 2.75) is 25.3 Å². The molecule has 0 saturated heterocycles. The van der Waals surface area contributed by atoms with Gasteiger partial charge in [-0.1, -0.05) is 11.6 Å². The van der Waals surface area contributed by atoms with Crippen LogP contribution in [0.25, 0.3) is 0 Å². The summed E-state index contributed by atoms with van der Waals surface area (Å²) in [5.41, 5.74) is 8.77. The van der Waals surface area contributed by atoms with E-state index in [1.54, 1.807) is 6.07 Å². The molecule has 1 aromatic rings. The van der Waals surface area contributed by atoms with Crippen LogP contribution in [-0.4, -0.2) is 0 Å². The van der Waals surface area contributed by atoms with Crippen molar-refractivity contribution in [3.05, 3.63) is 33.8 Å². The fourth-order valence-electron chi connectivity index (χ4n) is 2.07. The van der Waals surface area contributed by atoms with E-state index in [4.69, 9.17) is 22.6 Å². The Kier molecular flexibility index (Phi) is 2.45. The van der Waals surface area contributed by atoms with E-state index in [9.17, 15) is 0 Å². The summed E-state index contributed by atoms with van der Waals surface area (Å²) in [5.74, 6) is 0. The van der Waals surface area contributed by atoms with Gasteiger partial charge in [0, 0.05) is 11.1 Å². The Morgan fingerprint density at radius 2 is 2.29 bits per heavy atom. The normalized spacial score (nSPS) is 19.9. The number of aryl methyl sites for hydroxylation is 1. The lowest BCUT2D eigenvalue weighted by molar-refractivity contribution is 0.569. The zero-order valence-electron chi connectivity index (χ0n) is 7.76. The first kappa shape index (κ1) is 9.51. The second-order valence-corrected chi connectivity index (χ2v) is 4.07. The van der Waals surface area contributed by atoms with Crippen molar-refractivity contribution < 1.29 is 0 Å². The summed E-state index contributed by atoms with van der Waals surface area (Å²) in [6, 6.07) is 5.79. The lowest BCUT2D eigenvalue weighted by atomic mass is 9.85. The van der Waals surface area contributed by atoms with E-state index in [1.165, 1.54) is 0 Å². The summed E-state index contributed by atoms with van der Waals surface area (Å²) in [4.78, 5) is 0. The van der Waals surface area contributed by atoms with Gasteiger partial charge in [-0.2, -0.15) is 5.26 Å². The number of rotatable bonds is 0. The zero-order valence-corrected chi connectivity index (χ0v) is 8.51. The van der Waals surface area contributed by atoms with E-state index < -0.39 is 0 Å². The molecule has 0 aromatic heterocycles. The van der Waals surface area contributed by atoms with E-state index in [0.717, 1.165) is 30.4 Å². The van der Waals surface area contributed by atoms with Gasteiger partial charge < -0.3 is 5.73 Å². The molecule has 0 saturated carbocycles. The minimum atomic E-state index is 0.00525. The molecular weight excluding hydrogens is 196 g/mol. The number of nitriles is 1. The third-order valence-electron chi connectivity index (χ3n) is 2.68. The smallest absolute Gasteiger partial charge is 0.0995 e. The monoisotopic (exact) mass is 206 g/mol. The predicted molar refractivity (Wildman–Crippen MR) is 56.0 cm³/mol. The van der Waals surface area contributed by atoms with Crippen LogP contribution in [0.5, 0.6) is 0 Å². The molecule has 3 heteroatoms. The van der Waals surface area contributed by atoms with Crippen molar-refractivity contribution in [3.63, 3.8) is 0 Å². The molecule has 0 amide bonds. The first-order chi connectivity index (χ1) is 6.72. The molecule has 2 N–H and O–H groups in total. The molecule has 14 heavy (non-hydrogen) atoms. The summed E-state index contributed by atoms with van der Waals surface area (Å²) in [6.45, 7) is 0. The Bertz CT molecular complexity index is 406. The van der Waals surface area contributed by atoms with Crippen LogP contribution in [0.15, 0.2) is 12.1 Å². The Morgan fingerprint density at radius 3 is 3.00 bits per heavy atom. The summed E-state index contributed by atoms with van der Waals surface area (Å²) in [5, 5.41) is 9.61. The van der Waals surface area contributed by atoms with Gasteiger partial charge in [-0.25, -0.2) is 0 Å². The summed E-state index contributed by atoms with van der Waals surface area (Å²) in [7, 11) is 0. The molecule has 1 aliphatic rings. The average molecular weight is 207 g/mol. The largest absolute Gasteiger partial charge is 0.324 e. The number of benzene rings is 1. The Morgan fingerprint density at radius 1 is 1.50 bits per heavy atom. The molecule has 0 bridgehead atoms. The predicted octanol–water partition coefficient (Wildman–Crippen LogP) is 2.55. The highest BCUT2D eigenvalue weighted by molar-refractivity contribution is 6.30. The lowest BCUT2D eigenvalue weighted by Gasteiger charge is -2.23. The Labute approximate surface area is 88.3 Å². The highest BCUT2D eigenvalue weighted by Crippen LogP contribution is 2.32. The van der Waals surface area contributed by atoms with Gasteiger partial charge in [0.25, 0.3) is 0 Å². The molecule has 2 nitrogen and oxygen atoms in total. The second kappa shape index (κ2) is 3.61. The van der Waals surface area contributed by atoms with Gasteiger partial charge in [0.05, 0.1) is 11.6 Å². The Hall–Kier alpha value is -1.04. The number of hydrogen-bond acceptors (Lipinski definition) is 2. The van der Waals surface area contributed by atoms with Gasteiger partial charge in [0.2, 0.25) is 0 Å². The van der Waals surface area contributed by atoms with E-state index in [0.29, 0.717) is 10.6 Å². The number of nitrogens with zero attached hydrogens (tertiary/aromatic N) is 1. The van der Waals surface area contributed by atoms with Crippen LogP contribution in [0.1, 0.15) is 35.6 Å². The van der Waals surface area contributed by atoms with Gasteiger partial charge >= 0.3 is 0 Å². The number of nitrogens with two attached hydrogens (primary N) is 1. The molecule has 1 aliphatic carbocycles. The van der Waals surface area contributed by atoms with Crippen LogP contribution in [0.2, 0.25) is 5.02 Å². The topological polar surface area (TPSA) is 49.8 Å². The van der Waals surface area contributed by atoms with Crippen LogP contribution in [0.3, 0.4) is 0 Å². The van der Waals surface area contributed by atoms with Crippen LogP contribution in [-0.2, 0) is 6.42 Å². The molecule has 2 rings (SSSR count). The lowest BCUT2D eigenvalue weighted by Crippen LogP contribution is -2.18. The van der Waals surface area contributed by atoms with E-state index in [-0.39, 0.29) is 6.04 Å². The van der Waals surface area contributed by atoms with Gasteiger partial charge in [-0.15, -0.1) is 0 Å². The van der Waals surface area contributed by atoms with Crippen LogP contribution >= 0.6 is 11.6 Å². The van der Waals surface area contributed by atoms with Crippen LogP contribution in [0.4, 0.5) is 0 Å². The van der Waals surface area contributed by atoms with Crippen molar-refractivity contribution in [2.24, 2.45) is 5.73 Å². The van der Waals surface area contributed by atoms with E-state index in [2.05, 4.69) is 6.07 Å². The number of hydrogen-bond donors (Lipinski definition) is 1.